The van der Waals surface area contributed by atoms with Gasteiger partial charge in [-0.15, -0.1) is 0 Å². The summed E-state index contributed by atoms with van der Waals surface area (Å²) in [6.45, 7) is 3.68. The lowest BCUT2D eigenvalue weighted by molar-refractivity contribution is -0.0343. The summed E-state index contributed by atoms with van der Waals surface area (Å²) >= 11 is 0. The van der Waals surface area contributed by atoms with E-state index in [-0.39, 0.29) is 22.8 Å². The van der Waals surface area contributed by atoms with Gasteiger partial charge in [0.1, 0.15) is 0 Å². The monoisotopic (exact) mass is 359 g/mol. The molecular weight excluding hydrogens is 330 g/mol. The average Bonchev–Trinajstić information content (AvgIpc) is 2.95. The fraction of sp³-hybridized carbons (Fsp3) is 0.619. The Morgan fingerprint density at radius 1 is 1.27 bits per heavy atom. The van der Waals surface area contributed by atoms with Crippen molar-refractivity contribution in [1.82, 2.24) is 4.90 Å². The van der Waals surface area contributed by atoms with Gasteiger partial charge < -0.3 is 19.3 Å². The maximum Gasteiger partial charge on any atom is 0.161 e. The summed E-state index contributed by atoms with van der Waals surface area (Å²) in [5.41, 5.74) is 1.90. The number of rotatable bonds is 4. The number of ether oxygens (including phenoxy) is 3. The summed E-state index contributed by atoms with van der Waals surface area (Å²) in [7, 11) is 5.56. The van der Waals surface area contributed by atoms with Crippen LogP contribution in [-0.4, -0.2) is 50.0 Å². The van der Waals surface area contributed by atoms with Gasteiger partial charge in [-0.1, -0.05) is 6.07 Å². The molecule has 0 saturated carbocycles. The molecule has 3 aliphatic rings. The highest BCUT2D eigenvalue weighted by molar-refractivity contribution is 5.59. The Labute approximate surface area is 155 Å². The summed E-state index contributed by atoms with van der Waals surface area (Å²) in [5.74, 6) is 1.86. The number of aromatic hydroxyl groups is 1. The largest absolute Gasteiger partial charge is 0.504 e. The van der Waals surface area contributed by atoms with E-state index in [1.165, 1.54) is 0 Å². The number of hydrogen-bond donors (Lipinski definition) is 1. The van der Waals surface area contributed by atoms with Crippen LogP contribution in [0.3, 0.4) is 0 Å². The predicted octanol–water partition coefficient (Wildman–Crippen LogP) is 3.52. The van der Waals surface area contributed by atoms with Gasteiger partial charge in [0.05, 0.1) is 26.1 Å². The number of benzene rings is 1. The molecule has 0 bridgehead atoms. The second-order valence-corrected chi connectivity index (χ2v) is 7.77. The molecule has 1 aromatic carbocycles. The van der Waals surface area contributed by atoms with Crippen molar-refractivity contribution in [2.45, 2.75) is 49.7 Å². The van der Waals surface area contributed by atoms with E-state index in [0.29, 0.717) is 12.4 Å². The van der Waals surface area contributed by atoms with Crippen molar-refractivity contribution >= 4 is 0 Å². The summed E-state index contributed by atoms with van der Waals surface area (Å²) in [6.07, 6.45) is 5.82. The van der Waals surface area contributed by atoms with Gasteiger partial charge in [0, 0.05) is 29.5 Å². The number of phenolic OH excluding ortho intramolecular Hbond substituents is 1. The fourth-order valence-corrected chi connectivity index (χ4v) is 5.74. The van der Waals surface area contributed by atoms with E-state index < -0.39 is 0 Å². The first kappa shape index (κ1) is 17.7. The topological polar surface area (TPSA) is 51.2 Å². The highest BCUT2D eigenvalue weighted by Crippen LogP contribution is 2.65. The first-order chi connectivity index (χ1) is 12.5. The first-order valence-corrected chi connectivity index (χ1v) is 9.49. The number of nitrogens with zero attached hydrogens (tertiary/aromatic N) is 1. The summed E-state index contributed by atoms with van der Waals surface area (Å²) in [6, 6.07) is 3.95. The molecule has 1 fully saturated rings. The molecule has 142 valence electrons. The SMILES string of the molecule is CCOC1CC23CC(OC)=CCC2(CCN3C)c2c1ccc(OC)c2O. The van der Waals surface area contributed by atoms with Crippen LogP contribution in [-0.2, 0) is 14.9 Å². The van der Waals surface area contributed by atoms with Crippen LogP contribution < -0.4 is 4.74 Å². The molecule has 26 heavy (non-hydrogen) atoms. The molecule has 1 heterocycles. The standard InChI is InChI=1S/C21H29NO4/c1-5-26-17-13-21-12-14(24-3)8-9-20(21,10-11-22(21)2)18-15(17)6-7-16(25-4)19(18)23/h6-8,17,23H,5,9-13H2,1-4H3. The molecule has 2 aliphatic carbocycles. The van der Waals surface area contributed by atoms with E-state index >= 15 is 0 Å². The minimum atomic E-state index is -0.134. The molecule has 0 aromatic heterocycles. The van der Waals surface area contributed by atoms with Crippen molar-refractivity contribution in [3.05, 3.63) is 35.1 Å². The lowest BCUT2D eigenvalue weighted by Gasteiger charge is -2.56. The number of hydrogen-bond acceptors (Lipinski definition) is 5. The molecule has 5 nitrogen and oxygen atoms in total. The summed E-state index contributed by atoms with van der Waals surface area (Å²) < 4.78 is 17.3. The lowest BCUT2D eigenvalue weighted by Crippen LogP contribution is -2.60. The minimum absolute atomic E-state index is 0.0308. The van der Waals surface area contributed by atoms with E-state index in [4.69, 9.17) is 14.2 Å². The van der Waals surface area contributed by atoms with Crippen molar-refractivity contribution in [3.63, 3.8) is 0 Å². The van der Waals surface area contributed by atoms with Crippen LogP contribution in [0, 0.1) is 0 Å². The molecule has 0 amide bonds. The van der Waals surface area contributed by atoms with Gasteiger partial charge in [-0.25, -0.2) is 0 Å². The molecule has 1 saturated heterocycles. The Kier molecular flexibility index (Phi) is 4.20. The molecule has 0 radical (unpaired) electrons. The number of methoxy groups -OCH3 is 2. The van der Waals surface area contributed by atoms with Crippen LogP contribution in [0.4, 0.5) is 0 Å². The van der Waals surface area contributed by atoms with Gasteiger partial charge in [0.15, 0.2) is 11.5 Å². The number of allylic oxidation sites excluding steroid dienone is 1. The smallest absolute Gasteiger partial charge is 0.161 e. The first-order valence-electron chi connectivity index (χ1n) is 9.49. The third-order valence-corrected chi connectivity index (χ3v) is 7.01. The highest BCUT2D eigenvalue weighted by atomic mass is 16.5. The maximum absolute atomic E-state index is 11.2. The molecule has 1 aromatic rings. The zero-order valence-electron chi connectivity index (χ0n) is 16.2. The van der Waals surface area contributed by atoms with E-state index in [9.17, 15) is 5.11 Å². The number of phenols is 1. The molecule has 3 unspecified atom stereocenters. The second-order valence-electron chi connectivity index (χ2n) is 7.77. The third kappa shape index (κ3) is 2.10. The van der Waals surface area contributed by atoms with Crippen molar-refractivity contribution in [1.29, 1.82) is 0 Å². The molecular formula is C21H29NO4. The minimum Gasteiger partial charge on any atom is -0.504 e. The highest BCUT2D eigenvalue weighted by Gasteiger charge is 2.64. The van der Waals surface area contributed by atoms with Crippen molar-refractivity contribution in [3.8, 4) is 11.5 Å². The van der Waals surface area contributed by atoms with Crippen LogP contribution in [0.2, 0.25) is 0 Å². The Morgan fingerprint density at radius 3 is 2.77 bits per heavy atom. The molecule has 1 N–H and O–H groups in total. The Bertz CT molecular complexity index is 746. The van der Waals surface area contributed by atoms with Crippen molar-refractivity contribution in [2.75, 3.05) is 34.4 Å². The predicted molar refractivity (Wildman–Crippen MR) is 99.6 cm³/mol. The lowest BCUT2D eigenvalue weighted by atomic mass is 9.53. The van der Waals surface area contributed by atoms with E-state index in [0.717, 1.165) is 49.1 Å². The Hall–Kier alpha value is -1.72. The normalized spacial score (nSPS) is 33.1. The fourth-order valence-electron chi connectivity index (χ4n) is 5.74. The molecule has 0 spiro atoms. The second kappa shape index (κ2) is 6.17. The van der Waals surface area contributed by atoms with Crippen molar-refractivity contribution < 1.29 is 19.3 Å². The molecule has 3 atom stereocenters. The van der Waals surface area contributed by atoms with Gasteiger partial charge in [0.2, 0.25) is 0 Å². The summed E-state index contributed by atoms with van der Waals surface area (Å²) in [4.78, 5) is 2.47. The molecule has 4 rings (SSSR count). The van der Waals surface area contributed by atoms with E-state index in [1.54, 1.807) is 14.2 Å². The van der Waals surface area contributed by atoms with Gasteiger partial charge >= 0.3 is 0 Å². The maximum atomic E-state index is 11.2. The zero-order valence-corrected chi connectivity index (χ0v) is 16.2. The Morgan fingerprint density at radius 2 is 2.08 bits per heavy atom. The van der Waals surface area contributed by atoms with Gasteiger partial charge in [-0.05, 0) is 57.5 Å². The van der Waals surface area contributed by atoms with Gasteiger partial charge in [-0.3, -0.25) is 4.90 Å². The van der Waals surface area contributed by atoms with Crippen LogP contribution >= 0.6 is 0 Å². The average molecular weight is 359 g/mol. The van der Waals surface area contributed by atoms with Gasteiger partial charge in [-0.2, -0.15) is 0 Å². The van der Waals surface area contributed by atoms with E-state index in [2.05, 4.69) is 24.1 Å². The third-order valence-electron chi connectivity index (χ3n) is 7.01. The Balaban J connectivity index is 1.98. The quantitative estimate of drug-likeness (QED) is 0.891. The van der Waals surface area contributed by atoms with Crippen LogP contribution in [0.15, 0.2) is 24.0 Å². The number of likely N-dealkylation sites (tertiary alicyclic amines) is 1. The molecule has 1 aliphatic heterocycles. The van der Waals surface area contributed by atoms with Crippen LogP contribution in [0.25, 0.3) is 0 Å². The van der Waals surface area contributed by atoms with Gasteiger partial charge in [0.25, 0.3) is 0 Å². The number of likely N-dealkylation sites (N-methyl/N-ethyl adjacent to an activating group) is 1. The van der Waals surface area contributed by atoms with E-state index in [1.807, 2.05) is 13.0 Å². The van der Waals surface area contributed by atoms with Crippen molar-refractivity contribution in [2.24, 2.45) is 0 Å². The summed E-state index contributed by atoms with van der Waals surface area (Å²) in [5, 5.41) is 11.2. The van der Waals surface area contributed by atoms with Crippen LogP contribution in [0.5, 0.6) is 11.5 Å². The number of fused-ring (bicyclic) bond motifs is 1. The zero-order chi connectivity index (χ0) is 18.5. The molecule has 5 heteroatoms. The van der Waals surface area contributed by atoms with Crippen LogP contribution in [0.1, 0.15) is 49.8 Å².